The van der Waals surface area contributed by atoms with E-state index < -0.39 is 6.10 Å². The molecule has 0 aliphatic rings. The number of aliphatic hydroxyl groups is 1. The smallest absolute Gasteiger partial charge is 0.166 e. The van der Waals surface area contributed by atoms with Gasteiger partial charge in [-0.3, -0.25) is 9.48 Å². The van der Waals surface area contributed by atoms with Gasteiger partial charge in [-0.1, -0.05) is 18.2 Å². The van der Waals surface area contributed by atoms with Crippen molar-refractivity contribution in [2.45, 2.75) is 19.4 Å². The summed E-state index contributed by atoms with van der Waals surface area (Å²) in [4.78, 5) is 11.5. The molecule has 0 aliphatic carbocycles. The lowest BCUT2D eigenvalue weighted by Crippen LogP contribution is -2.18. The minimum Gasteiger partial charge on any atom is -0.386 e. The quantitative estimate of drug-likeness (QED) is 0.838. The number of ketones is 1. The fourth-order valence-electron chi connectivity index (χ4n) is 1.73. The maximum absolute atomic E-state index is 11.5. The Morgan fingerprint density at radius 2 is 2.19 bits per heavy atom. The number of benzene rings is 1. The molecule has 0 radical (unpaired) electrons. The molecule has 84 valence electrons. The summed E-state index contributed by atoms with van der Waals surface area (Å²) in [6.07, 6.45) is -0.750. The molecule has 0 saturated carbocycles. The summed E-state index contributed by atoms with van der Waals surface area (Å²) in [5.41, 5.74) is 1.72. The fourth-order valence-corrected chi connectivity index (χ4v) is 1.73. The van der Waals surface area contributed by atoms with Crippen molar-refractivity contribution in [1.29, 1.82) is 0 Å². The van der Waals surface area contributed by atoms with Gasteiger partial charge < -0.3 is 5.11 Å². The van der Waals surface area contributed by atoms with Crippen LogP contribution in [0.4, 0.5) is 0 Å². The average Bonchev–Trinajstić information content (AvgIpc) is 2.57. The van der Waals surface area contributed by atoms with E-state index in [9.17, 15) is 9.90 Å². The van der Waals surface area contributed by atoms with Crippen molar-refractivity contribution >= 4 is 16.7 Å². The van der Waals surface area contributed by atoms with E-state index in [2.05, 4.69) is 5.10 Å². The molecule has 1 N–H and O–H groups in total. The number of aliphatic hydroxyl groups excluding tert-OH is 1. The second-order valence-electron chi connectivity index (χ2n) is 3.91. The molecule has 0 fully saturated rings. The van der Waals surface area contributed by atoms with Crippen LogP contribution >= 0.6 is 0 Å². The first-order valence-corrected chi connectivity index (χ1v) is 5.21. The Bertz CT molecular complexity index is 529. The Kier molecular flexibility index (Phi) is 2.75. The second-order valence-corrected chi connectivity index (χ2v) is 3.91. The lowest BCUT2D eigenvalue weighted by atomic mass is 10.1. The van der Waals surface area contributed by atoms with E-state index in [1.54, 1.807) is 4.68 Å². The molecule has 0 spiro atoms. The summed E-state index contributed by atoms with van der Waals surface area (Å²) in [5, 5.41) is 14.4. The largest absolute Gasteiger partial charge is 0.386 e. The Balaban J connectivity index is 2.42. The van der Waals surface area contributed by atoms with Gasteiger partial charge in [0.2, 0.25) is 0 Å². The number of carbonyl (C=O) groups excluding carboxylic acids is 1. The van der Waals surface area contributed by atoms with Crippen LogP contribution in [0.15, 0.2) is 24.3 Å². The lowest BCUT2D eigenvalue weighted by Gasteiger charge is -2.00. The van der Waals surface area contributed by atoms with Gasteiger partial charge in [-0.15, -0.1) is 0 Å². The summed E-state index contributed by atoms with van der Waals surface area (Å²) < 4.78 is 1.75. The molecule has 1 heterocycles. The van der Waals surface area contributed by atoms with Gasteiger partial charge in [0, 0.05) is 12.4 Å². The summed E-state index contributed by atoms with van der Waals surface area (Å²) in [7, 11) is 1.85. The Labute approximate surface area is 93.5 Å². The van der Waals surface area contributed by atoms with Crippen LogP contribution in [0.1, 0.15) is 12.6 Å². The van der Waals surface area contributed by atoms with Crippen LogP contribution in [0.2, 0.25) is 0 Å². The molecular formula is C12H14N2O2. The zero-order valence-electron chi connectivity index (χ0n) is 9.34. The molecule has 2 rings (SSSR count). The number of hydrogen-bond acceptors (Lipinski definition) is 3. The molecule has 4 heteroatoms. The number of aryl methyl sites for hydroxylation is 1. The summed E-state index contributed by atoms with van der Waals surface area (Å²) >= 11 is 0. The average molecular weight is 218 g/mol. The van der Waals surface area contributed by atoms with Crippen LogP contribution in [0.3, 0.4) is 0 Å². The first-order chi connectivity index (χ1) is 7.59. The van der Waals surface area contributed by atoms with Crippen LogP contribution in [0.5, 0.6) is 0 Å². The molecule has 0 amide bonds. The van der Waals surface area contributed by atoms with E-state index in [4.69, 9.17) is 0 Å². The second kappa shape index (κ2) is 4.06. The van der Waals surface area contributed by atoms with Crippen LogP contribution in [0.25, 0.3) is 10.9 Å². The zero-order chi connectivity index (χ0) is 11.7. The van der Waals surface area contributed by atoms with E-state index in [1.165, 1.54) is 6.92 Å². The third-order valence-corrected chi connectivity index (χ3v) is 2.64. The SMILES string of the molecule is CC(O)C(=O)Cc1nn(C)c2ccccc12. The Morgan fingerprint density at radius 3 is 2.88 bits per heavy atom. The minimum atomic E-state index is -0.930. The number of para-hydroxylation sites is 1. The molecule has 0 saturated heterocycles. The number of aromatic nitrogens is 2. The van der Waals surface area contributed by atoms with Crippen molar-refractivity contribution in [3.8, 4) is 0 Å². The molecule has 16 heavy (non-hydrogen) atoms. The van der Waals surface area contributed by atoms with Gasteiger partial charge in [-0.05, 0) is 13.0 Å². The van der Waals surface area contributed by atoms with Crippen LogP contribution in [-0.4, -0.2) is 26.8 Å². The van der Waals surface area contributed by atoms with Gasteiger partial charge in [0.25, 0.3) is 0 Å². The number of fused-ring (bicyclic) bond motifs is 1. The zero-order valence-corrected chi connectivity index (χ0v) is 9.34. The third-order valence-electron chi connectivity index (χ3n) is 2.64. The van der Waals surface area contributed by atoms with Crippen molar-refractivity contribution < 1.29 is 9.90 Å². The molecule has 1 aromatic heterocycles. The lowest BCUT2D eigenvalue weighted by molar-refractivity contribution is -0.125. The van der Waals surface area contributed by atoms with Gasteiger partial charge in [0.05, 0.1) is 17.6 Å². The van der Waals surface area contributed by atoms with E-state index in [0.717, 1.165) is 16.6 Å². The Morgan fingerprint density at radius 1 is 1.50 bits per heavy atom. The first-order valence-electron chi connectivity index (χ1n) is 5.21. The molecule has 0 bridgehead atoms. The van der Waals surface area contributed by atoms with E-state index >= 15 is 0 Å². The van der Waals surface area contributed by atoms with Crippen molar-refractivity contribution in [3.63, 3.8) is 0 Å². The van der Waals surface area contributed by atoms with Gasteiger partial charge in [0.15, 0.2) is 5.78 Å². The predicted octanol–water partition coefficient (Wildman–Crippen LogP) is 1.07. The minimum absolute atomic E-state index is 0.180. The molecule has 1 aromatic carbocycles. The van der Waals surface area contributed by atoms with Crippen LogP contribution in [-0.2, 0) is 18.3 Å². The van der Waals surface area contributed by atoms with E-state index in [-0.39, 0.29) is 12.2 Å². The first kappa shape index (κ1) is 10.8. The van der Waals surface area contributed by atoms with E-state index in [1.807, 2.05) is 31.3 Å². The molecule has 0 aliphatic heterocycles. The molecule has 1 unspecified atom stereocenters. The van der Waals surface area contributed by atoms with Gasteiger partial charge >= 0.3 is 0 Å². The maximum Gasteiger partial charge on any atom is 0.166 e. The Hall–Kier alpha value is -1.68. The highest BCUT2D eigenvalue weighted by atomic mass is 16.3. The monoisotopic (exact) mass is 218 g/mol. The number of Topliss-reactive ketones (excluding diaryl/α,β-unsaturated/α-hetero) is 1. The summed E-state index contributed by atoms with van der Waals surface area (Å²) in [5.74, 6) is -0.205. The molecule has 1 atom stereocenters. The van der Waals surface area contributed by atoms with Crippen molar-refractivity contribution in [2.24, 2.45) is 7.05 Å². The van der Waals surface area contributed by atoms with Gasteiger partial charge in [0.1, 0.15) is 6.10 Å². The van der Waals surface area contributed by atoms with Crippen LogP contribution in [0, 0.1) is 0 Å². The van der Waals surface area contributed by atoms with Gasteiger partial charge in [-0.2, -0.15) is 5.10 Å². The third kappa shape index (κ3) is 1.84. The summed E-state index contributed by atoms with van der Waals surface area (Å²) in [6, 6.07) is 7.75. The highest BCUT2D eigenvalue weighted by molar-refractivity contribution is 5.90. The van der Waals surface area contributed by atoms with Crippen LogP contribution < -0.4 is 0 Å². The molecule has 2 aromatic rings. The topological polar surface area (TPSA) is 55.1 Å². The number of hydrogen-bond donors (Lipinski definition) is 1. The standard InChI is InChI=1S/C12H14N2O2/c1-8(15)12(16)7-10-9-5-3-4-6-11(9)14(2)13-10/h3-6,8,15H,7H2,1-2H3. The highest BCUT2D eigenvalue weighted by Gasteiger charge is 2.15. The van der Waals surface area contributed by atoms with Crippen molar-refractivity contribution in [2.75, 3.05) is 0 Å². The van der Waals surface area contributed by atoms with Gasteiger partial charge in [-0.25, -0.2) is 0 Å². The van der Waals surface area contributed by atoms with Crippen molar-refractivity contribution in [3.05, 3.63) is 30.0 Å². The molecular weight excluding hydrogens is 204 g/mol. The number of nitrogens with zero attached hydrogens (tertiary/aromatic N) is 2. The van der Waals surface area contributed by atoms with Crippen molar-refractivity contribution in [1.82, 2.24) is 9.78 Å². The maximum atomic E-state index is 11.5. The highest BCUT2D eigenvalue weighted by Crippen LogP contribution is 2.18. The fraction of sp³-hybridized carbons (Fsp3) is 0.333. The number of carbonyl (C=O) groups is 1. The molecule has 4 nitrogen and oxygen atoms in total. The summed E-state index contributed by atoms with van der Waals surface area (Å²) in [6.45, 7) is 1.48. The number of rotatable bonds is 3. The predicted molar refractivity (Wildman–Crippen MR) is 61.1 cm³/mol. The van der Waals surface area contributed by atoms with E-state index in [0.29, 0.717) is 0 Å². The normalized spacial score (nSPS) is 12.9.